The first-order valence-electron chi connectivity index (χ1n) is 7.65. The van der Waals surface area contributed by atoms with Crippen molar-refractivity contribution in [3.63, 3.8) is 0 Å². The number of carbonyl (C=O) groups excluding carboxylic acids is 1. The fourth-order valence-electron chi connectivity index (χ4n) is 2.63. The molecule has 0 saturated heterocycles. The molecule has 120 valence electrons. The van der Waals surface area contributed by atoms with Crippen molar-refractivity contribution in [1.82, 2.24) is 4.98 Å². The van der Waals surface area contributed by atoms with E-state index in [9.17, 15) is 9.18 Å². The second-order valence-electron chi connectivity index (χ2n) is 5.50. The topological polar surface area (TPSA) is 48.4 Å². The Hall–Kier alpha value is -2.43. The summed E-state index contributed by atoms with van der Waals surface area (Å²) in [6.07, 6.45) is 3.34. The van der Waals surface area contributed by atoms with Crippen LogP contribution in [0.15, 0.2) is 30.5 Å². The summed E-state index contributed by atoms with van der Waals surface area (Å²) in [4.78, 5) is 16.2. The van der Waals surface area contributed by atoms with Crippen LogP contribution in [0.5, 0.6) is 5.75 Å². The molecular formula is C18H18FNO3. The Bertz CT molecular complexity index is 724. The summed E-state index contributed by atoms with van der Waals surface area (Å²) in [6.45, 7) is 2.29. The molecule has 0 amide bonds. The lowest BCUT2D eigenvalue weighted by Gasteiger charge is -2.15. The van der Waals surface area contributed by atoms with Crippen molar-refractivity contribution in [3.05, 3.63) is 47.4 Å². The summed E-state index contributed by atoms with van der Waals surface area (Å²) < 4.78 is 23.6. The van der Waals surface area contributed by atoms with E-state index in [1.54, 1.807) is 6.07 Å². The van der Waals surface area contributed by atoms with Gasteiger partial charge in [0.05, 0.1) is 25.6 Å². The van der Waals surface area contributed by atoms with E-state index < -0.39 is 5.97 Å². The lowest BCUT2D eigenvalue weighted by Crippen LogP contribution is -2.07. The first kappa shape index (κ1) is 15.5. The molecule has 0 N–H and O–H groups in total. The van der Waals surface area contributed by atoms with Crippen LogP contribution in [0.2, 0.25) is 0 Å². The minimum atomic E-state index is -0.422. The van der Waals surface area contributed by atoms with Gasteiger partial charge in [0.2, 0.25) is 0 Å². The highest BCUT2D eigenvalue weighted by Crippen LogP contribution is 2.46. The van der Waals surface area contributed by atoms with Gasteiger partial charge in [-0.3, -0.25) is 4.98 Å². The number of rotatable bonds is 5. The highest BCUT2D eigenvalue weighted by Gasteiger charge is 2.29. The first-order valence-corrected chi connectivity index (χ1v) is 7.65. The normalized spacial score (nSPS) is 13.7. The van der Waals surface area contributed by atoms with E-state index in [1.807, 2.05) is 19.1 Å². The van der Waals surface area contributed by atoms with E-state index in [0.29, 0.717) is 29.5 Å². The monoisotopic (exact) mass is 315 g/mol. The summed E-state index contributed by atoms with van der Waals surface area (Å²) in [7, 11) is 1.35. The summed E-state index contributed by atoms with van der Waals surface area (Å²) in [5.41, 5.74) is 3.00. The van der Waals surface area contributed by atoms with E-state index in [4.69, 9.17) is 9.47 Å². The molecular weight excluding hydrogens is 297 g/mol. The first-order chi connectivity index (χ1) is 11.1. The van der Waals surface area contributed by atoms with Crippen molar-refractivity contribution in [3.8, 4) is 17.0 Å². The molecule has 0 aliphatic heterocycles. The van der Waals surface area contributed by atoms with Crippen molar-refractivity contribution >= 4 is 5.97 Å². The summed E-state index contributed by atoms with van der Waals surface area (Å²) in [5.74, 6) is 0.0627. The minimum Gasteiger partial charge on any atom is -0.493 e. The zero-order valence-corrected chi connectivity index (χ0v) is 13.1. The maximum absolute atomic E-state index is 13.1. The maximum Gasteiger partial charge on any atom is 0.341 e. The Morgan fingerprint density at radius 2 is 2.13 bits per heavy atom. The number of benzene rings is 1. The molecule has 5 heteroatoms. The van der Waals surface area contributed by atoms with Gasteiger partial charge in [0, 0.05) is 5.56 Å². The van der Waals surface area contributed by atoms with Gasteiger partial charge in [-0.25, -0.2) is 9.18 Å². The van der Waals surface area contributed by atoms with E-state index >= 15 is 0 Å². The summed E-state index contributed by atoms with van der Waals surface area (Å²) in [5, 5.41) is 0. The van der Waals surface area contributed by atoms with Gasteiger partial charge in [-0.15, -0.1) is 0 Å². The van der Waals surface area contributed by atoms with E-state index in [2.05, 4.69) is 4.98 Å². The number of hydrogen-bond donors (Lipinski definition) is 0. The average molecular weight is 315 g/mol. The van der Waals surface area contributed by atoms with E-state index in [1.165, 1.54) is 19.4 Å². The van der Waals surface area contributed by atoms with Crippen LogP contribution in [-0.2, 0) is 4.74 Å². The lowest BCUT2D eigenvalue weighted by molar-refractivity contribution is 0.0596. The Kier molecular flexibility index (Phi) is 4.28. The molecule has 0 radical (unpaired) electrons. The zero-order chi connectivity index (χ0) is 16.4. The van der Waals surface area contributed by atoms with E-state index in [-0.39, 0.29) is 5.82 Å². The number of nitrogens with zero attached hydrogens (tertiary/aromatic N) is 1. The van der Waals surface area contributed by atoms with Crippen LogP contribution in [0, 0.1) is 5.82 Å². The Balaban J connectivity index is 2.15. The number of halogens is 1. The second-order valence-corrected chi connectivity index (χ2v) is 5.50. The Morgan fingerprint density at radius 1 is 1.35 bits per heavy atom. The van der Waals surface area contributed by atoms with Crippen LogP contribution in [0.4, 0.5) is 4.39 Å². The van der Waals surface area contributed by atoms with Crippen LogP contribution in [-0.4, -0.2) is 24.7 Å². The number of pyridine rings is 1. The smallest absolute Gasteiger partial charge is 0.341 e. The zero-order valence-electron chi connectivity index (χ0n) is 13.1. The fourth-order valence-corrected chi connectivity index (χ4v) is 2.63. The number of aromatic nitrogens is 1. The van der Waals surface area contributed by atoms with Crippen LogP contribution in [0.25, 0.3) is 11.3 Å². The average Bonchev–Trinajstić information content (AvgIpc) is 3.40. The summed E-state index contributed by atoms with van der Waals surface area (Å²) in [6, 6.07) is 6.66. The number of methoxy groups -OCH3 is 1. The van der Waals surface area contributed by atoms with Crippen molar-refractivity contribution in [2.24, 2.45) is 0 Å². The highest BCUT2D eigenvalue weighted by molar-refractivity contribution is 5.94. The molecule has 1 heterocycles. The molecule has 4 nitrogen and oxygen atoms in total. The van der Waals surface area contributed by atoms with Gasteiger partial charge >= 0.3 is 5.97 Å². The molecule has 1 aromatic carbocycles. The van der Waals surface area contributed by atoms with Crippen molar-refractivity contribution in [2.75, 3.05) is 13.7 Å². The molecule has 1 aliphatic rings. The van der Waals surface area contributed by atoms with Gasteiger partial charge in [0.25, 0.3) is 0 Å². The van der Waals surface area contributed by atoms with Gasteiger partial charge < -0.3 is 9.47 Å². The third kappa shape index (κ3) is 3.18. The Morgan fingerprint density at radius 3 is 2.70 bits per heavy atom. The van der Waals surface area contributed by atoms with Crippen LogP contribution >= 0.6 is 0 Å². The molecule has 1 aliphatic carbocycles. The molecule has 23 heavy (non-hydrogen) atoms. The second kappa shape index (κ2) is 6.36. The standard InChI is InChI=1S/C18H18FNO3/c1-3-23-17-9-14(16-7-6-12(19)10-20-16)13(11-4-5-11)8-15(17)18(21)22-2/h6-11H,3-5H2,1-2H3. The highest BCUT2D eigenvalue weighted by atomic mass is 19.1. The molecule has 0 atom stereocenters. The molecule has 1 fully saturated rings. The molecule has 0 bridgehead atoms. The van der Waals surface area contributed by atoms with Crippen LogP contribution in [0.3, 0.4) is 0 Å². The number of hydrogen-bond acceptors (Lipinski definition) is 4. The maximum atomic E-state index is 13.1. The quantitative estimate of drug-likeness (QED) is 0.784. The molecule has 3 rings (SSSR count). The van der Waals surface area contributed by atoms with Crippen LogP contribution in [0.1, 0.15) is 41.6 Å². The van der Waals surface area contributed by atoms with Gasteiger partial charge in [-0.2, -0.15) is 0 Å². The number of carbonyl (C=O) groups is 1. The van der Waals surface area contributed by atoms with Crippen LogP contribution < -0.4 is 4.74 Å². The predicted molar refractivity (Wildman–Crippen MR) is 84.1 cm³/mol. The van der Waals surface area contributed by atoms with Gasteiger partial charge in [-0.1, -0.05) is 0 Å². The molecule has 0 spiro atoms. The third-order valence-corrected chi connectivity index (χ3v) is 3.88. The molecule has 1 aromatic heterocycles. The largest absolute Gasteiger partial charge is 0.493 e. The number of esters is 1. The lowest BCUT2D eigenvalue weighted by atomic mass is 9.96. The SMILES string of the molecule is CCOc1cc(-c2ccc(F)cn2)c(C2CC2)cc1C(=O)OC. The van der Waals surface area contributed by atoms with Crippen molar-refractivity contribution < 1.29 is 18.7 Å². The minimum absolute atomic E-state index is 0.377. The van der Waals surface area contributed by atoms with Crippen molar-refractivity contribution in [1.29, 1.82) is 0 Å². The summed E-state index contributed by atoms with van der Waals surface area (Å²) >= 11 is 0. The number of ether oxygens (including phenoxy) is 2. The molecule has 0 unspecified atom stereocenters. The molecule has 1 saturated carbocycles. The van der Waals surface area contributed by atoms with Crippen molar-refractivity contribution in [2.45, 2.75) is 25.7 Å². The third-order valence-electron chi connectivity index (χ3n) is 3.88. The molecule has 2 aromatic rings. The predicted octanol–water partition coefficient (Wildman–Crippen LogP) is 3.95. The van der Waals surface area contributed by atoms with Gasteiger partial charge in [-0.05, 0) is 55.5 Å². The Labute approximate surface area is 134 Å². The van der Waals surface area contributed by atoms with Gasteiger partial charge in [0.15, 0.2) is 0 Å². The fraction of sp³-hybridized carbons (Fsp3) is 0.333. The van der Waals surface area contributed by atoms with E-state index in [0.717, 1.165) is 24.0 Å². The van der Waals surface area contributed by atoms with Gasteiger partial charge in [0.1, 0.15) is 17.1 Å².